The molecular formula is C11H21NO2. The van der Waals surface area contributed by atoms with Crippen molar-refractivity contribution in [3.8, 4) is 0 Å². The Balaban J connectivity index is 2.30. The van der Waals surface area contributed by atoms with Crippen LogP contribution in [0.2, 0.25) is 0 Å². The predicted molar refractivity (Wildman–Crippen MR) is 55.9 cm³/mol. The van der Waals surface area contributed by atoms with Gasteiger partial charge >= 0.3 is 0 Å². The molecule has 1 saturated heterocycles. The number of hydrogen-bond acceptors (Lipinski definition) is 2. The normalized spacial score (nSPS) is 19.6. The van der Waals surface area contributed by atoms with Crippen LogP contribution >= 0.6 is 0 Å². The van der Waals surface area contributed by atoms with Crippen LogP contribution in [0.5, 0.6) is 0 Å². The zero-order valence-corrected chi connectivity index (χ0v) is 9.42. The second-order valence-electron chi connectivity index (χ2n) is 4.61. The maximum absolute atomic E-state index is 11.5. The third-order valence-corrected chi connectivity index (χ3v) is 3.10. The molecule has 0 spiro atoms. The van der Waals surface area contributed by atoms with Gasteiger partial charge in [-0.2, -0.15) is 0 Å². The Hall–Kier alpha value is -0.570. The smallest absolute Gasteiger partial charge is 0.222 e. The SMILES string of the molecule is CCCCC(=O)N1CC(O)(C(C)C)C1. The Labute approximate surface area is 86.1 Å². The number of nitrogens with zero attached hydrogens (tertiary/aromatic N) is 1. The molecule has 1 rings (SSSR count). The quantitative estimate of drug-likeness (QED) is 0.743. The van der Waals surface area contributed by atoms with Crippen LogP contribution in [-0.2, 0) is 4.79 Å². The van der Waals surface area contributed by atoms with Gasteiger partial charge in [0.25, 0.3) is 0 Å². The summed E-state index contributed by atoms with van der Waals surface area (Å²) in [6, 6.07) is 0. The molecule has 14 heavy (non-hydrogen) atoms. The summed E-state index contributed by atoms with van der Waals surface area (Å²) in [5.74, 6) is 0.426. The number of hydrogen-bond donors (Lipinski definition) is 1. The van der Waals surface area contributed by atoms with Crippen LogP contribution in [0.4, 0.5) is 0 Å². The highest BCUT2D eigenvalue weighted by Gasteiger charge is 2.45. The summed E-state index contributed by atoms with van der Waals surface area (Å²) in [6.07, 6.45) is 2.63. The number of β-amino-alcohol motifs (C(OH)–C–C–N with tert-alkyl or cyclic N) is 1. The lowest BCUT2D eigenvalue weighted by atomic mass is 9.83. The molecule has 3 heteroatoms. The lowest BCUT2D eigenvalue weighted by Gasteiger charge is -2.49. The van der Waals surface area contributed by atoms with Gasteiger partial charge in [0.15, 0.2) is 0 Å². The van der Waals surface area contributed by atoms with E-state index in [1.807, 2.05) is 13.8 Å². The average molecular weight is 199 g/mol. The first-order chi connectivity index (χ1) is 6.49. The van der Waals surface area contributed by atoms with E-state index in [1.165, 1.54) is 0 Å². The van der Waals surface area contributed by atoms with Gasteiger partial charge in [-0.15, -0.1) is 0 Å². The van der Waals surface area contributed by atoms with Gasteiger partial charge in [0.05, 0.1) is 13.1 Å². The van der Waals surface area contributed by atoms with Crippen LogP contribution in [-0.4, -0.2) is 34.6 Å². The lowest BCUT2D eigenvalue weighted by Crippen LogP contribution is -2.65. The molecule has 0 radical (unpaired) electrons. The van der Waals surface area contributed by atoms with Gasteiger partial charge in [0.1, 0.15) is 5.60 Å². The van der Waals surface area contributed by atoms with E-state index >= 15 is 0 Å². The van der Waals surface area contributed by atoms with E-state index in [4.69, 9.17) is 0 Å². The minimum atomic E-state index is -0.623. The second kappa shape index (κ2) is 4.30. The van der Waals surface area contributed by atoms with E-state index in [0.29, 0.717) is 19.5 Å². The number of amides is 1. The minimum absolute atomic E-state index is 0.192. The fraction of sp³-hybridized carbons (Fsp3) is 0.909. The highest BCUT2D eigenvalue weighted by atomic mass is 16.3. The molecule has 1 fully saturated rings. The third-order valence-electron chi connectivity index (χ3n) is 3.10. The summed E-state index contributed by atoms with van der Waals surface area (Å²) >= 11 is 0. The molecule has 0 bridgehead atoms. The summed E-state index contributed by atoms with van der Waals surface area (Å²) < 4.78 is 0. The molecule has 82 valence electrons. The number of aliphatic hydroxyl groups is 1. The molecule has 1 aliphatic rings. The monoisotopic (exact) mass is 199 g/mol. The minimum Gasteiger partial charge on any atom is -0.386 e. The van der Waals surface area contributed by atoms with Crippen LogP contribution in [0, 0.1) is 5.92 Å². The number of unbranched alkanes of at least 4 members (excludes halogenated alkanes) is 1. The van der Waals surface area contributed by atoms with Crippen molar-refractivity contribution in [1.82, 2.24) is 4.90 Å². The molecule has 3 nitrogen and oxygen atoms in total. The van der Waals surface area contributed by atoms with Gasteiger partial charge in [0, 0.05) is 6.42 Å². The van der Waals surface area contributed by atoms with Crippen molar-refractivity contribution in [3.05, 3.63) is 0 Å². The van der Waals surface area contributed by atoms with Crippen LogP contribution in [0.15, 0.2) is 0 Å². The number of carbonyl (C=O) groups excluding carboxylic acids is 1. The van der Waals surface area contributed by atoms with Gasteiger partial charge in [-0.3, -0.25) is 4.79 Å². The molecule has 0 aromatic rings. The van der Waals surface area contributed by atoms with E-state index in [9.17, 15) is 9.90 Å². The Bertz CT molecular complexity index is 207. The van der Waals surface area contributed by atoms with Crippen molar-refractivity contribution in [3.63, 3.8) is 0 Å². The average Bonchev–Trinajstić information content (AvgIpc) is 2.08. The highest BCUT2D eigenvalue weighted by Crippen LogP contribution is 2.29. The topological polar surface area (TPSA) is 40.5 Å². The fourth-order valence-corrected chi connectivity index (χ4v) is 1.64. The molecule has 0 aliphatic carbocycles. The van der Waals surface area contributed by atoms with Crippen LogP contribution < -0.4 is 0 Å². The highest BCUT2D eigenvalue weighted by molar-refractivity contribution is 5.77. The van der Waals surface area contributed by atoms with Crippen LogP contribution in [0.1, 0.15) is 40.0 Å². The first-order valence-electron chi connectivity index (χ1n) is 5.49. The van der Waals surface area contributed by atoms with E-state index < -0.39 is 5.60 Å². The molecule has 0 atom stereocenters. The molecule has 1 amide bonds. The summed E-state index contributed by atoms with van der Waals surface area (Å²) in [4.78, 5) is 13.3. The van der Waals surface area contributed by atoms with E-state index in [1.54, 1.807) is 4.90 Å². The van der Waals surface area contributed by atoms with Crippen molar-refractivity contribution < 1.29 is 9.90 Å². The Morgan fingerprint density at radius 2 is 2.07 bits per heavy atom. The Morgan fingerprint density at radius 1 is 1.50 bits per heavy atom. The number of carbonyl (C=O) groups is 1. The van der Waals surface area contributed by atoms with E-state index in [2.05, 4.69) is 6.92 Å². The largest absolute Gasteiger partial charge is 0.386 e. The number of rotatable bonds is 4. The molecular weight excluding hydrogens is 178 g/mol. The second-order valence-corrected chi connectivity index (χ2v) is 4.61. The van der Waals surface area contributed by atoms with Crippen LogP contribution in [0.3, 0.4) is 0 Å². The fourth-order valence-electron chi connectivity index (χ4n) is 1.64. The lowest BCUT2D eigenvalue weighted by molar-refractivity contribution is -0.163. The summed E-state index contributed by atoms with van der Waals surface area (Å²) in [5.41, 5.74) is -0.623. The molecule has 0 unspecified atom stereocenters. The van der Waals surface area contributed by atoms with Gasteiger partial charge in [0.2, 0.25) is 5.91 Å². The molecule has 0 aromatic carbocycles. The predicted octanol–water partition coefficient (Wildman–Crippen LogP) is 1.41. The maximum atomic E-state index is 11.5. The van der Waals surface area contributed by atoms with Crippen LogP contribution in [0.25, 0.3) is 0 Å². The molecule has 1 aliphatic heterocycles. The number of likely N-dealkylation sites (tertiary alicyclic amines) is 1. The molecule has 0 saturated carbocycles. The van der Waals surface area contributed by atoms with E-state index in [-0.39, 0.29) is 11.8 Å². The third kappa shape index (κ3) is 2.27. The summed E-state index contributed by atoms with van der Waals surface area (Å²) in [7, 11) is 0. The van der Waals surface area contributed by atoms with Crippen molar-refractivity contribution in [2.45, 2.75) is 45.6 Å². The zero-order valence-electron chi connectivity index (χ0n) is 9.42. The molecule has 0 aromatic heterocycles. The van der Waals surface area contributed by atoms with Gasteiger partial charge in [-0.1, -0.05) is 27.2 Å². The Kier molecular flexibility index (Phi) is 3.53. The van der Waals surface area contributed by atoms with E-state index in [0.717, 1.165) is 12.8 Å². The van der Waals surface area contributed by atoms with Gasteiger partial charge in [-0.05, 0) is 12.3 Å². The first kappa shape index (κ1) is 11.5. The van der Waals surface area contributed by atoms with Gasteiger partial charge < -0.3 is 10.0 Å². The van der Waals surface area contributed by atoms with Crippen molar-refractivity contribution in [2.75, 3.05) is 13.1 Å². The zero-order chi connectivity index (χ0) is 10.8. The first-order valence-corrected chi connectivity index (χ1v) is 5.49. The molecule has 1 N–H and O–H groups in total. The molecule has 1 heterocycles. The Morgan fingerprint density at radius 3 is 2.50 bits per heavy atom. The van der Waals surface area contributed by atoms with Crippen molar-refractivity contribution in [2.24, 2.45) is 5.92 Å². The summed E-state index contributed by atoms with van der Waals surface area (Å²) in [6.45, 7) is 7.11. The van der Waals surface area contributed by atoms with Crippen molar-refractivity contribution in [1.29, 1.82) is 0 Å². The van der Waals surface area contributed by atoms with Crippen molar-refractivity contribution >= 4 is 5.91 Å². The summed E-state index contributed by atoms with van der Waals surface area (Å²) in [5, 5.41) is 9.94. The standard InChI is InChI=1S/C11H21NO2/c1-4-5-6-10(13)12-7-11(14,8-12)9(2)3/h9,14H,4-8H2,1-3H3. The maximum Gasteiger partial charge on any atom is 0.222 e. The van der Waals surface area contributed by atoms with Gasteiger partial charge in [-0.25, -0.2) is 0 Å².